The quantitative estimate of drug-likeness (QED) is 0.581. The van der Waals surface area contributed by atoms with Gasteiger partial charge in [-0.05, 0) is 76.5 Å². The van der Waals surface area contributed by atoms with Crippen molar-refractivity contribution in [2.45, 2.75) is 64.3 Å². The molecule has 1 fully saturated rings. The molecule has 148 valence electrons. The monoisotopic (exact) mass is 380 g/mol. The lowest BCUT2D eigenvalue weighted by Gasteiger charge is -2.33. The highest BCUT2D eigenvalue weighted by atomic mass is 16.2. The Morgan fingerprint density at radius 1 is 1.07 bits per heavy atom. The van der Waals surface area contributed by atoms with Crippen molar-refractivity contribution in [2.24, 2.45) is 0 Å². The molecule has 5 heteroatoms. The highest BCUT2D eigenvalue weighted by Crippen LogP contribution is 2.28. The predicted octanol–water partition coefficient (Wildman–Crippen LogP) is 4.19. The van der Waals surface area contributed by atoms with Crippen LogP contribution < -0.4 is 0 Å². The third-order valence-corrected chi connectivity index (χ3v) is 6.32. The van der Waals surface area contributed by atoms with E-state index in [1.165, 1.54) is 23.3 Å². The Hall–Kier alpha value is -2.43. The Labute approximate surface area is 166 Å². The van der Waals surface area contributed by atoms with E-state index in [0.29, 0.717) is 23.2 Å². The van der Waals surface area contributed by atoms with Crippen LogP contribution in [-0.2, 0) is 0 Å². The first-order valence-electron chi connectivity index (χ1n) is 10.6. The van der Waals surface area contributed by atoms with Crippen LogP contribution >= 0.6 is 0 Å². The lowest BCUT2D eigenvalue weighted by Crippen LogP contribution is -2.42. The number of carbonyl (C=O) groups is 3. The summed E-state index contributed by atoms with van der Waals surface area (Å²) in [4.78, 5) is 41.7. The summed E-state index contributed by atoms with van der Waals surface area (Å²) in [6.45, 7) is 3.25. The van der Waals surface area contributed by atoms with Crippen molar-refractivity contribution < 1.29 is 14.4 Å². The van der Waals surface area contributed by atoms with Gasteiger partial charge >= 0.3 is 0 Å². The molecule has 1 aliphatic carbocycles. The SMILES string of the molecule is C[C@H]1CCCCN1C(=O)c1ccc2c(c1)C(=O)N(CCC1=CCCCC1)C2=O. The van der Waals surface area contributed by atoms with E-state index in [0.717, 1.165) is 45.1 Å². The largest absolute Gasteiger partial charge is 0.336 e. The zero-order chi connectivity index (χ0) is 19.7. The maximum absolute atomic E-state index is 12.9. The molecule has 3 aliphatic rings. The van der Waals surface area contributed by atoms with Gasteiger partial charge in [-0.2, -0.15) is 0 Å². The van der Waals surface area contributed by atoms with Gasteiger partial charge < -0.3 is 4.90 Å². The van der Waals surface area contributed by atoms with Gasteiger partial charge in [-0.25, -0.2) is 0 Å². The van der Waals surface area contributed by atoms with E-state index >= 15 is 0 Å². The fourth-order valence-electron chi connectivity index (χ4n) is 4.58. The van der Waals surface area contributed by atoms with Crippen molar-refractivity contribution >= 4 is 17.7 Å². The zero-order valence-corrected chi connectivity index (χ0v) is 16.6. The zero-order valence-electron chi connectivity index (χ0n) is 16.6. The summed E-state index contributed by atoms with van der Waals surface area (Å²) in [5.41, 5.74) is 2.65. The van der Waals surface area contributed by atoms with Crippen LogP contribution in [0.25, 0.3) is 0 Å². The molecule has 1 saturated heterocycles. The molecule has 2 aliphatic heterocycles. The third kappa shape index (κ3) is 3.50. The summed E-state index contributed by atoms with van der Waals surface area (Å²) in [5.74, 6) is -0.541. The Bertz CT molecular complexity index is 842. The Balaban J connectivity index is 1.50. The second-order valence-electron chi connectivity index (χ2n) is 8.22. The summed E-state index contributed by atoms with van der Waals surface area (Å²) in [6, 6.07) is 5.18. The van der Waals surface area contributed by atoms with Gasteiger partial charge in [-0.3, -0.25) is 19.3 Å². The fraction of sp³-hybridized carbons (Fsp3) is 0.522. The van der Waals surface area contributed by atoms with Crippen LogP contribution in [0, 0.1) is 0 Å². The van der Waals surface area contributed by atoms with E-state index in [-0.39, 0.29) is 23.8 Å². The molecule has 4 rings (SSSR count). The van der Waals surface area contributed by atoms with Crippen LogP contribution in [0.15, 0.2) is 29.8 Å². The number of rotatable bonds is 4. The maximum Gasteiger partial charge on any atom is 0.261 e. The number of hydrogen-bond donors (Lipinski definition) is 0. The van der Waals surface area contributed by atoms with Crippen LogP contribution in [0.2, 0.25) is 0 Å². The third-order valence-electron chi connectivity index (χ3n) is 6.32. The number of fused-ring (bicyclic) bond motifs is 1. The number of nitrogens with zero attached hydrogens (tertiary/aromatic N) is 2. The average Bonchev–Trinajstić information content (AvgIpc) is 2.96. The second kappa shape index (κ2) is 7.90. The first-order chi connectivity index (χ1) is 13.6. The molecule has 1 aromatic rings. The predicted molar refractivity (Wildman–Crippen MR) is 107 cm³/mol. The molecule has 1 atom stereocenters. The Kier molecular flexibility index (Phi) is 5.33. The van der Waals surface area contributed by atoms with E-state index in [2.05, 4.69) is 13.0 Å². The van der Waals surface area contributed by atoms with E-state index in [1.807, 2.05) is 4.90 Å². The van der Waals surface area contributed by atoms with Crippen LogP contribution in [0.1, 0.15) is 89.4 Å². The summed E-state index contributed by atoms with van der Waals surface area (Å²) in [6.07, 6.45) is 10.7. The molecule has 5 nitrogen and oxygen atoms in total. The number of likely N-dealkylation sites (tertiary alicyclic amines) is 1. The number of amides is 3. The first-order valence-corrected chi connectivity index (χ1v) is 10.6. The molecule has 0 unspecified atom stereocenters. The summed E-state index contributed by atoms with van der Waals surface area (Å²) in [5, 5.41) is 0. The molecular weight excluding hydrogens is 352 g/mol. The van der Waals surface area contributed by atoms with Gasteiger partial charge in [0.1, 0.15) is 0 Å². The van der Waals surface area contributed by atoms with Gasteiger partial charge in [0.2, 0.25) is 0 Å². The van der Waals surface area contributed by atoms with Crippen molar-refractivity contribution in [1.82, 2.24) is 9.80 Å². The summed E-state index contributed by atoms with van der Waals surface area (Å²) < 4.78 is 0. The average molecular weight is 380 g/mol. The molecule has 0 N–H and O–H groups in total. The van der Waals surface area contributed by atoms with Crippen molar-refractivity contribution in [3.63, 3.8) is 0 Å². The molecular formula is C23H28N2O3. The van der Waals surface area contributed by atoms with Crippen molar-refractivity contribution in [3.05, 3.63) is 46.5 Å². The molecule has 1 aromatic carbocycles. The minimum Gasteiger partial charge on any atom is -0.336 e. The number of imide groups is 1. The number of hydrogen-bond acceptors (Lipinski definition) is 3. The highest BCUT2D eigenvalue weighted by Gasteiger charge is 2.36. The van der Waals surface area contributed by atoms with E-state index in [4.69, 9.17) is 0 Å². The Morgan fingerprint density at radius 2 is 1.89 bits per heavy atom. The van der Waals surface area contributed by atoms with Crippen LogP contribution in [0.4, 0.5) is 0 Å². The van der Waals surface area contributed by atoms with E-state index in [9.17, 15) is 14.4 Å². The standard InChI is InChI=1S/C23H28N2O3/c1-16-7-5-6-13-24(16)21(26)18-10-11-19-20(15-18)23(28)25(22(19)27)14-12-17-8-3-2-4-9-17/h8,10-11,15-16H,2-7,9,12-14H2,1H3/t16-/m0/s1. The lowest BCUT2D eigenvalue weighted by atomic mass is 9.97. The van der Waals surface area contributed by atoms with Crippen molar-refractivity contribution in [3.8, 4) is 0 Å². The van der Waals surface area contributed by atoms with Crippen molar-refractivity contribution in [1.29, 1.82) is 0 Å². The van der Waals surface area contributed by atoms with Gasteiger partial charge in [0.05, 0.1) is 11.1 Å². The molecule has 28 heavy (non-hydrogen) atoms. The van der Waals surface area contributed by atoms with Crippen LogP contribution in [0.5, 0.6) is 0 Å². The van der Waals surface area contributed by atoms with Gasteiger partial charge in [-0.1, -0.05) is 11.6 Å². The first kappa shape index (κ1) is 18.9. The van der Waals surface area contributed by atoms with Gasteiger partial charge in [0, 0.05) is 24.7 Å². The Morgan fingerprint density at radius 3 is 2.64 bits per heavy atom. The number of carbonyl (C=O) groups excluding carboxylic acids is 3. The minimum atomic E-state index is -0.266. The fourth-order valence-corrected chi connectivity index (χ4v) is 4.58. The van der Waals surface area contributed by atoms with Gasteiger partial charge in [0.15, 0.2) is 0 Å². The normalized spacial score (nSPS) is 22.3. The van der Waals surface area contributed by atoms with Gasteiger partial charge in [0.25, 0.3) is 17.7 Å². The second-order valence-corrected chi connectivity index (χ2v) is 8.22. The topological polar surface area (TPSA) is 57.7 Å². The van der Waals surface area contributed by atoms with Crippen LogP contribution in [0.3, 0.4) is 0 Å². The molecule has 0 spiro atoms. The van der Waals surface area contributed by atoms with E-state index < -0.39 is 0 Å². The number of piperidine rings is 1. The minimum absolute atomic E-state index is 0.0407. The molecule has 0 aromatic heterocycles. The maximum atomic E-state index is 12.9. The van der Waals surface area contributed by atoms with Gasteiger partial charge in [-0.15, -0.1) is 0 Å². The lowest BCUT2D eigenvalue weighted by molar-refractivity contribution is 0.0633. The molecule has 0 radical (unpaired) electrons. The molecule has 0 saturated carbocycles. The van der Waals surface area contributed by atoms with E-state index in [1.54, 1.807) is 18.2 Å². The summed E-state index contributed by atoms with van der Waals surface area (Å²) >= 11 is 0. The molecule has 0 bridgehead atoms. The highest BCUT2D eigenvalue weighted by molar-refractivity contribution is 6.22. The smallest absolute Gasteiger partial charge is 0.261 e. The number of allylic oxidation sites excluding steroid dienone is 1. The van der Waals surface area contributed by atoms with Crippen LogP contribution in [-0.4, -0.2) is 46.7 Å². The number of benzene rings is 1. The summed E-state index contributed by atoms with van der Waals surface area (Å²) in [7, 11) is 0. The van der Waals surface area contributed by atoms with Crippen molar-refractivity contribution in [2.75, 3.05) is 13.1 Å². The molecule has 3 amide bonds. The molecule has 2 heterocycles.